The Hall–Kier alpha value is -1.06. The monoisotopic (exact) mass is 505 g/mol. The Morgan fingerprint density at radius 1 is 1.25 bits per heavy atom. The molecule has 1 unspecified atom stereocenters. The maximum atomic E-state index is 5.69. The van der Waals surface area contributed by atoms with E-state index in [1.807, 2.05) is 26.0 Å². The Morgan fingerprint density at radius 3 is 2.68 bits per heavy atom. The fourth-order valence-electron chi connectivity index (χ4n) is 2.83. The van der Waals surface area contributed by atoms with E-state index in [4.69, 9.17) is 14.2 Å². The average molecular weight is 505 g/mol. The summed E-state index contributed by atoms with van der Waals surface area (Å²) >= 11 is 0. The number of halogens is 1. The van der Waals surface area contributed by atoms with E-state index in [0.717, 1.165) is 62.8 Å². The number of hydrogen-bond acceptors (Lipinski definition) is 4. The van der Waals surface area contributed by atoms with Gasteiger partial charge in [0.05, 0.1) is 25.4 Å². The molecule has 1 aliphatic rings. The van der Waals surface area contributed by atoms with Crippen molar-refractivity contribution in [1.29, 1.82) is 0 Å². The lowest BCUT2D eigenvalue weighted by atomic mass is 10.2. The molecular formula is C21H36IN3O3. The van der Waals surface area contributed by atoms with Crippen LogP contribution >= 0.6 is 24.0 Å². The van der Waals surface area contributed by atoms with Gasteiger partial charge in [-0.15, -0.1) is 24.0 Å². The predicted molar refractivity (Wildman–Crippen MR) is 125 cm³/mol. The number of rotatable bonds is 11. The van der Waals surface area contributed by atoms with Gasteiger partial charge in [-0.05, 0) is 57.7 Å². The summed E-state index contributed by atoms with van der Waals surface area (Å²) in [4.78, 5) is 4.65. The largest absolute Gasteiger partial charge is 0.491 e. The van der Waals surface area contributed by atoms with E-state index in [1.165, 1.54) is 0 Å². The van der Waals surface area contributed by atoms with Crippen LogP contribution in [0.1, 0.15) is 45.6 Å². The smallest absolute Gasteiger partial charge is 0.191 e. The van der Waals surface area contributed by atoms with Crippen LogP contribution in [-0.4, -0.2) is 51.1 Å². The van der Waals surface area contributed by atoms with Crippen molar-refractivity contribution in [2.24, 2.45) is 4.99 Å². The first kappa shape index (κ1) is 25.0. The summed E-state index contributed by atoms with van der Waals surface area (Å²) in [6, 6.07) is 8.11. The predicted octanol–water partition coefficient (Wildman–Crippen LogP) is 3.73. The van der Waals surface area contributed by atoms with Gasteiger partial charge in [0, 0.05) is 26.3 Å². The first-order valence-corrected chi connectivity index (χ1v) is 10.1. The standard InChI is InChI=1S/C21H35N3O3.HI/c1-4-22-21(23-12-6-13-25-16-20-7-5-14-26-20)24-15-18-8-10-19(11-9-18)27-17(2)3;/h8-11,17,20H,4-7,12-16H2,1-3H3,(H2,22,23,24);1H. The number of nitrogens with zero attached hydrogens (tertiary/aromatic N) is 1. The molecular weight excluding hydrogens is 469 g/mol. The Labute approximate surface area is 186 Å². The molecule has 0 spiro atoms. The van der Waals surface area contributed by atoms with Gasteiger partial charge in [0.25, 0.3) is 0 Å². The second kappa shape index (κ2) is 14.9. The van der Waals surface area contributed by atoms with Crippen molar-refractivity contribution in [2.45, 2.75) is 58.8 Å². The average Bonchev–Trinajstić information content (AvgIpc) is 3.16. The van der Waals surface area contributed by atoms with Crippen LogP contribution in [0.2, 0.25) is 0 Å². The van der Waals surface area contributed by atoms with Gasteiger partial charge in [0.1, 0.15) is 5.75 Å². The van der Waals surface area contributed by atoms with Crippen molar-refractivity contribution in [3.63, 3.8) is 0 Å². The summed E-state index contributed by atoms with van der Waals surface area (Å²) in [6.07, 6.45) is 3.71. The molecule has 0 radical (unpaired) electrons. The Bertz CT molecular complexity index is 546. The van der Waals surface area contributed by atoms with Gasteiger partial charge >= 0.3 is 0 Å². The lowest BCUT2D eigenvalue weighted by Crippen LogP contribution is -2.38. The van der Waals surface area contributed by atoms with Gasteiger partial charge in [-0.1, -0.05) is 12.1 Å². The first-order valence-electron chi connectivity index (χ1n) is 10.1. The number of benzene rings is 1. The van der Waals surface area contributed by atoms with Crippen LogP contribution in [0.3, 0.4) is 0 Å². The molecule has 160 valence electrons. The molecule has 0 bridgehead atoms. The third-order valence-electron chi connectivity index (χ3n) is 4.14. The minimum atomic E-state index is 0. The molecule has 0 aromatic heterocycles. The second-order valence-corrected chi connectivity index (χ2v) is 7.00. The van der Waals surface area contributed by atoms with Gasteiger partial charge < -0.3 is 24.8 Å². The Kier molecular flexibility index (Phi) is 13.3. The van der Waals surface area contributed by atoms with Crippen molar-refractivity contribution in [1.82, 2.24) is 10.6 Å². The summed E-state index contributed by atoms with van der Waals surface area (Å²) in [5, 5.41) is 6.64. The Morgan fingerprint density at radius 2 is 2.04 bits per heavy atom. The van der Waals surface area contributed by atoms with Gasteiger partial charge in [-0.25, -0.2) is 4.99 Å². The van der Waals surface area contributed by atoms with Crippen molar-refractivity contribution in [2.75, 3.05) is 32.9 Å². The van der Waals surface area contributed by atoms with Crippen molar-refractivity contribution in [3.05, 3.63) is 29.8 Å². The normalized spacial score (nSPS) is 16.7. The molecule has 2 rings (SSSR count). The third-order valence-corrected chi connectivity index (χ3v) is 4.14. The molecule has 1 heterocycles. The molecule has 1 aliphatic heterocycles. The number of hydrogen-bond donors (Lipinski definition) is 2. The van der Waals surface area contributed by atoms with Crippen LogP contribution in [-0.2, 0) is 16.0 Å². The highest BCUT2D eigenvalue weighted by molar-refractivity contribution is 14.0. The van der Waals surface area contributed by atoms with Crippen molar-refractivity contribution in [3.8, 4) is 5.75 Å². The van der Waals surface area contributed by atoms with E-state index < -0.39 is 0 Å². The molecule has 6 nitrogen and oxygen atoms in total. The van der Waals surface area contributed by atoms with E-state index in [0.29, 0.717) is 19.3 Å². The number of ether oxygens (including phenoxy) is 3. The van der Waals surface area contributed by atoms with E-state index in [-0.39, 0.29) is 30.1 Å². The van der Waals surface area contributed by atoms with E-state index >= 15 is 0 Å². The second-order valence-electron chi connectivity index (χ2n) is 7.00. The first-order chi connectivity index (χ1) is 13.2. The lowest BCUT2D eigenvalue weighted by Gasteiger charge is -2.13. The lowest BCUT2D eigenvalue weighted by molar-refractivity contribution is 0.0168. The zero-order chi connectivity index (χ0) is 19.3. The van der Waals surface area contributed by atoms with Crippen LogP contribution in [0.5, 0.6) is 5.75 Å². The minimum absolute atomic E-state index is 0. The molecule has 2 N–H and O–H groups in total. The van der Waals surface area contributed by atoms with Gasteiger partial charge in [-0.2, -0.15) is 0 Å². The maximum Gasteiger partial charge on any atom is 0.191 e. The molecule has 28 heavy (non-hydrogen) atoms. The summed E-state index contributed by atoms with van der Waals surface area (Å²) in [5.74, 6) is 1.73. The zero-order valence-electron chi connectivity index (χ0n) is 17.4. The number of aliphatic imine (C=N–C) groups is 1. The van der Waals surface area contributed by atoms with Crippen LogP contribution in [0.15, 0.2) is 29.3 Å². The number of guanidine groups is 1. The molecule has 1 fully saturated rings. The fraction of sp³-hybridized carbons (Fsp3) is 0.667. The summed E-state index contributed by atoms with van der Waals surface area (Å²) in [7, 11) is 0. The SMILES string of the molecule is CCNC(=NCc1ccc(OC(C)C)cc1)NCCCOCC1CCCO1.I. The summed E-state index contributed by atoms with van der Waals surface area (Å²) < 4.78 is 16.9. The fourth-order valence-corrected chi connectivity index (χ4v) is 2.83. The molecule has 0 saturated carbocycles. The molecule has 1 aromatic carbocycles. The molecule has 1 aromatic rings. The molecule has 1 saturated heterocycles. The van der Waals surface area contributed by atoms with Crippen molar-refractivity contribution < 1.29 is 14.2 Å². The quantitative estimate of drug-likeness (QED) is 0.208. The van der Waals surface area contributed by atoms with Gasteiger partial charge in [0.2, 0.25) is 0 Å². The maximum absolute atomic E-state index is 5.69. The van der Waals surface area contributed by atoms with E-state index in [1.54, 1.807) is 0 Å². The van der Waals surface area contributed by atoms with Gasteiger partial charge in [-0.3, -0.25) is 0 Å². The highest BCUT2D eigenvalue weighted by Gasteiger charge is 2.14. The summed E-state index contributed by atoms with van der Waals surface area (Å²) in [6.45, 7) is 10.8. The van der Waals surface area contributed by atoms with Crippen LogP contribution < -0.4 is 15.4 Å². The van der Waals surface area contributed by atoms with E-state index in [2.05, 4.69) is 34.7 Å². The molecule has 1 atom stereocenters. The number of nitrogens with one attached hydrogen (secondary N) is 2. The van der Waals surface area contributed by atoms with Crippen LogP contribution in [0, 0.1) is 0 Å². The topological polar surface area (TPSA) is 64.1 Å². The molecule has 7 heteroatoms. The highest BCUT2D eigenvalue weighted by Crippen LogP contribution is 2.14. The summed E-state index contributed by atoms with van der Waals surface area (Å²) in [5.41, 5.74) is 1.16. The third kappa shape index (κ3) is 10.5. The van der Waals surface area contributed by atoms with Crippen LogP contribution in [0.25, 0.3) is 0 Å². The Balaban J connectivity index is 0.00000392. The van der Waals surface area contributed by atoms with E-state index in [9.17, 15) is 0 Å². The van der Waals surface area contributed by atoms with Crippen molar-refractivity contribution >= 4 is 29.9 Å². The zero-order valence-corrected chi connectivity index (χ0v) is 19.7. The molecule has 0 amide bonds. The van der Waals surface area contributed by atoms with Gasteiger partial charge in [0.15, 0.2) is 5.96 Å². The minimum Gasteiger partial charge on any atom is -0.491 e. The molecule has 0 aliphatic carbocycles. The van der Waals surface area contributed by atoms with Crippen LogP contribution in [0.4, 0.5) is 0 Å². The highest BCUT2D eigenvalue weighted by atomic mass is 127.